The van der Waals surface area contributed by atoms with E-state index in [1.165, 1.54) is 19.3 Å². The second-order valence-corrected chi connectivity index (χ2v) is 2.53. The van der Waals surface area contributed by atoms with Crippen molar-refractivity contribution in [3.63, 3.8) is 0 Å². The Morgan fingerprint density at radius 1 is 1.40 bits per heavy atom. The fourth-order valence-corrected chi connectivity index (χ4v) is 0.533. The summed E-state index contributed by atoms with van der Waals surface area (Å²) in [6.45, 7) is 2.17. The second kappa shape index (κ2) is 12.0. The van der Waals surface area contributed by atoms with Crippen LogP contribution < -0.4 is 0 Å². The fourth-order valence-electron chi connectivity index (χ4n) is 0.344. The fraction of sp³-hybridized carbons (Fsp3) is 1.00. The molecule has 3 nitrogen and oxygen atoms in total. The molecule has 0 bridgehead atoms. The van der Waals surface area contributed by atoms with Crippen molar-refractivity contribution in [2.24, 2.45) is 0 Å². The van der Waals surface area contributed by atoms with Gasteiger partial charge in [0.2, 0.25) is 0 Å². The molecule has 5 heteroatoms. The van der Waals surface area contributed by atoms with Crippen molar-refractivity contribution < 1.29 is 14.4 Å². The topological polar surface area (TPSA) is 57.5 Å². The van der Waals surface area contributed by atoms with E-state index in [4.69, 9.17) is 26.0 Å². The zero-order valence-corrected chi connectivity index (χ0v) is 7.61. The zero-order valence-electron chi connectivity index (χ0n) is 5.96. The standard InChI is InChI=1S/C5H11Cl.HO3P/c1-2-3-4-5-6;1-4(2)3/h2-5H2,1H3;(H-,1,2,3)/p+1. The van der Waals surface area contributed by atoms with Crippen LogP contribution in [0.3, 0.4) is 0 Å². The first kappa shape index (κ1) is 12.9. The minimum Gasteiger partial charge on any atom is -0.134 e. The third kappa shape index (κ3) is 40.5. The van der Waals surface area contributed by atoms with Gasteiger partial charge >= 0.3 is 8.25 Å². The third-order valence-corrected chi connectivity index (χ3v) is 1.00. The molecule has 0 aromatic heterocycles. The monoisotopic (exact) mass is 187 g/mol. The Kier molecular flexibility index (Phi) is 15.6. The molecule has 0 unspecified atom stereocenters. The van der Waals surface area contributed by atoms with Gasteiger partial charge in [-0.2, -0.15) is 0 Å². The molecule has 0 rings (SSSR count). The molecule has 2 N–H and O–H groups in total. The highest BCUT2D eigenvalue weighted by Gasteiger charge is 1.93. The van der Waals surface area contributed by atoms with Crippen LogP contribution in [0.5, 0.6) is 0 Å². The van der Waals surface area contributed by atoms with E-state index >= 15 is 0 Å². The van der Waals surface area contributed by atoms with E-state index in [2.05, 4.69) is 6.92 Å². The van der Waals surface area contributed by atoms with E-state index in [1.807, 2.05) is 0 Å². The third-order valence-electron chi connectivity index (χ3n) is 0.737. The van der Waals surface area contributed by atoms with Gasteiger partial charge < -0.3 is 0 Å². The van der Waals surface area contributed by atoms with E-state index in [9.17, 15) is 0 Å². The molecule has 0 aliphatic rings. The average molecular weight is 188 g/mol. The highest BCUT2D eigenvalue weighted by molar-refractivity contribution is 7.30. The lowest BCUT2D eigenvalue weighted by Gasteiger charge is -1.84. The largest absolute Gasteiger partial charge is 0.692 e. The highest BCUT2D eigenvalue weighted by atomic mass is 35.5. The van der Waals surface area contributed by atoms with Crippen LogP contribution in [-0.4, -0.2) is 15.7 Å². The Labute approximate surface area is 67.0 Å². The number of hydrogen-bond acceptors (Lipinski definition) is 1. The maximum Gasteiger partial charge on any atom is 0.692 e. The van der Waals surface area contributed by atoms with E-state index in [0.29, 0.717) is 0 Å². The predicted octanol–water partition coefficient (Wildman–Crippen LogP) is 2.04. The predicted molar refractivity (Wildman–Crippen MR) is 42.3 cm³/mol. The second-order valence-electron chi connectivity index (χ2n) is 1.65. The Balaban J connectivity index is 0. The van der Waals surface area contributed by atoms with Gasteiger partial charge in [0.05, 0.1) is 0 Å². The maximum atomic E-state index is 8.70. The van der Waals surface area contributed by atoms with Crippen LogP contribution in [0.1, 0.15) is 26.2 Å². The molecule has 0 saturated heterocycles. The number of unbranched alkanes of at least 4 members (excludes halogenated alkanes) is 2. The highest BCUT2D eigenvalue weighted by Crippen LogP contribution is 1.98. The molecule has 62 valence electrons. The Hall–Kier alpha value is 0.310. The smallest absolute Gasteiger partial charge is 0.134 e. The van der Waals surface area contributed by atoms with Crippen molar-refractivity contribution in [3.05, 3.63) is 0 Å². The molecule has 0 atom stereocenters. The summed E-state index contributed by atoms with van der Waals surface area (Å²) in [5.74, 6) is 0.827. The first-order valence-corrected chi connectivity index (χ1v) is 4.76. The van der Waals surface area contributed by atoms with Crippen LogP contribution >= 0.6 is 19.9 Å². The van der Waals surface area contributed by atoms with Crippen LogP contribution in [0, 0.1) is 0 Å². The summed E-state index contributed by atoms with van der Waals surface area (Å²) in [4.78, 5) is 14.2. The van der Waals surface area contributed by atoms with Gasteiger partial charge in [0.25, 0.3) is 0 Å². The zero-order chi connectivity index (χ0) is 8.41. The van der Waals surface area contributed by atoms with Crippen LogP contribution in [-0.2, 0) is 4.57 Å². The number of alkyl halides is 1. The molecule has 0 heterocycles. The van der Waals surface area contributed by atoms with Crippen LogP contribution in [0.4, 0.5) is 0 Å². The summed E-state index contributed by atoms with van der Waals surface area (Å²) >= 11 is 5.38. The van der Waals surface area contributed by atoms with Gasteiger partial charge in [-0.05, 0) is 6.42 Å². The number of rotatable bonds is 3. The summed E-state index contributed by atoms with van der Waals surface area (Å²) in [6, 6.07) is 0. The summed E-state index contributed by atoms with van der Waals surface area (Å²) in [6.07, 6.45) is 3.73. The Bertz CT molecular complexity index is 71.3. The van der Waals surface area contributed by atoms with E-state index in [-0.39, 0.29) is 0 Å². The average Bonchev–Trinajstić information content (AvgIpc) is 1.82. The van der Waals surface area contributed by atoms with Crippen LogP contribution in [0.15, 0.2) is 0 Å². The SMILES string of the molecule is CCCCCCl.O=[P+](O)O. The van der Waals surface area contributed by atoms with Gasteiger partial charge in [0.15, 0.2) is 0 Å². The summed E-state index contributed by atoms with van der Waals surface area (Å²) < 4.78 is 8.70. The lowest BCUT2D eigenvalue weighted by molar-refractivity contribution is 0.405. The van der Waals surface area contributed by atoms with Gasteiger partial charge in [-0.1, -0.05) is 19.8 Å². The van der Waals surface area contributed by atoms with Crippen molar-refractivity contribution in [1.29, 1.82) is 0 Å². The first-order chi connectivity index (χ1) is 4.65. The summed E-state index contributed by atoms with van der Waals surface area (Å²) in [7, 11) is -2.87. The molecule has 10 heavy (non-hydrogen) atoms. The van der Waals surface area contributed by atoms with Gasteiger partial charge in [-0.25, -0.2) is 0 Å². The molecule has 0 aromatic rings. The van der Waals surface area contributed by atoms with Crippen LogP contribution in [0.25, 0.3) is 0 Å². The van der Waals surface area contributed by atoms with Crippen LogP contribution in [0.2, 0.25) is 0 Å². The van der Waals surface area contributed by atoms with Gasteiger partial charge in [-0.3, -0.25) is 0 Å². The number of halogens is 1. The Morgan fingerprint density at radius 2 is 1.80 bits per heavy atom. The minimum atomic E-state index is -2.87. The minimum absolute atomic E-state index is 0.827. The van der Waals surface area contributed by atoms with Crippen molar-refractivity contribution >= 4 is 19.9 Å². The molecule has 0 aliphatic carbocycles. The van der Waals surface area contributed by atoms with E-state index in [0.717, 1.165) is 5.88 Å². The lowest BCUT2D eigenvalue weighted by atomic mass is 10.3. The quantitative estimate of drug-likeness (QED) is 0.404. The number of hydrogen-bond donors (Lipinski definition) is 2. The van der Waals surface area contributed by atoms with Gasteiger partial charge in [0.1, 0.15) is 0 Å². The van der Waals surface area contributed by atoms with E-state index < -0.39 is 8.25 Å². The van der Waals surface area contributed by atoms with Crippen molar-refractivity contribution in [2.45, 2.75) is 26.2 Å². The van der Waals surface area contributed by atoms with Crippen molar-refractivity contribution in [1.82, 2.24) is 0 Å². The van der Waals surface area contributed by atoms with Gasteiger partial charge in [-0.15, -0.1) is 21.4 Å². The summed E-state index contributed by atoms with van der Waals surface area (Å²) in [5.41, 5.74) is 0. The maximum absolute atomic E-state index is 8.70. The molecule has 0 radical (unpaired) electrons. The molecular formula is C5H13ClO3P+. The van der Waals surface area contributed by atoms with E-state index in [1.54, 1.807) is 0 Å². The molecule has 0 spiro atoms. The molecule has 0 saturated carbocycles. The molecule has 0 aromatic carbocycles. The Morgan fingerprint density at radius 3 is 1.90 bits per heavy atom. The first-order valence-electron chi connectivity index (χ1n) is 3.06. The normalized spacial score (nSPS) is 8.00. The molecule has 0 amide bonds. The molecule has 0 fully saturated rings. The van der Waals surface area contributed by atoms with Crippen molar-refractivity contribution in [3.8, 4) is 0 Å². The van der Waals surface area contributed by atoms with Gasteiger partial charge in [0, 0.05) is 10.4 Å². The van der Waals surface area contributed by atoms with Crippen molar-refractivity contribution in [2.75, 3.05) is 5.88 Å². The lowest BCUT2D eigenvalue weighted by Crippen LogP contribution is -1.70. The molecule has 0 aliphatic heterocycles. The summed E-state index contributed by atoms with van der Waals surface area (Å²) in [5, 5.41) is 0. The molecular weight excluding hydrogens is 174 g/mol.